The molecule has 70 valence electrons. The number of carbonyl (C=O) groups excluding carboxylic acids is 1. The number of carbonyl (C=O) groups is 1. The number of hydrogen-bond donors (Lipinski definition) is 0. The van der Waals surface area contributed by atoms with Gasteiger partial charge in [0.2, 0.25) is 0 Å². The molecule has 0 aliphatic heterocycles. The summed E-state index contributed by atoms with van der Waals surface area (Å²) in [6, 6.07) is 0. The Kier molecular flexibility index (Phi) is 4.74. The van der Waals surface area contributed by atoms with Crippen molar-refractivity contribution >= 4 is 12.8 Å². The van der Waals surface area contributed by atoms with Crippen molar-refractivity contribution in [1.29, 1.82) is 0 Å². The summed E-state index contributed by atoms with van der Waals surface area (Å²) in [6.07, 6.45) is -0.660. The fraction of sp³-hybridized carbons (Fsp3) is 0.857. The van der Waals surface area contributed by atoms with E-state index in [1.54, 1.807) is 13.8 Å². The van der Waals surface area contributed by atoms with Gasteiger partial charge in [-0.15, -0.1) is 0 Å². The average Bonchev–Trinajstić information content (AvgIpc) is 1.84. The van der Waals surface area contributed by atoms with Crippen LogP contribution < -0.4 is 51.4 Å². The van der Waals surface area contributed by atoms with E-state index in [0.717, 1.165) is 0 Å². The summed E-state index contributed by atoms with van der Waals surface area (Å²) in [7, 11) is 0. The van der Waals surface area contributed by atoms with Gasteiger partial charge in [0.1, 0.15) is 5.78 Å². The van der Waals surface area contributed by atoms with Gasteiger partial charge in [0.05, 0.1) is 0 Å². The van der Waals surface area contributed by atoms with Gasteiger partial charge in [-0.3, -0.25) is 4.79 Å². The molecule has 0 aromatic heterocycles. The van der Waals surface area contributed by atoms with E-state index >= 15 is 0 Å². The second-order valence-electron chi connectivity index (χ2n) is 3.99. The van der Waals surface area contributed by atoms with Crippen molar-refractivity contribution in [3.05, 3.63) is 0 Å². The largest absolute Gasteiger partial charge is 1.00 e. The monoisotopic (exact) mass is 218 g/mol. The minimum absolute atomic E-state index is 0. The van der Waals surface area contributed by atoms with Crippen molar-refractivity contribution in [3.63, 3.8) is 0 Å². The molecule has 0 aromatic rings. The molecule has 1 unspecified atom stereocenters. The van der Waals surface area contributed by atoms with E-state index in [4.69, 9.17) is 0 Å². The summed E-state index contributed by atoms with van der Waals surface area (Å²) in [4.78, 5) is 10.9. The maximum atomic E-state index is 11.9. The number of halogens is 3. The van der Waals surface area contributed by atoms with E-state index < -0.39 is 24.6 Å². The zero-order valence-electron chi connectivity index (χ0n) is 8.11. The van der Waals surface area contributed by atoms with Crippen LogP contribution in [0.2, 0.25) is 6.32 Å². The molecule has 1 atom stereocenters. The minimum Gasteiger partial charge on any atom is -0.449 e. The molecule has 6 heteroatoms. The maximum absolute atomic E-state index is 11.9. The summed E-state index contributed by atoms with van der Waals surface area (Å²) >= 11 is 0. The van der Waals surface area contributed by atoms with Gasteiger partial charge in [0, 0.05) is 11.8 Å². The first-order valence-electron chi connectivity index (χ1n) is 3.98. The molecule has 0 heterocycles. The molecule has 13 heavy (non-hydrogen) atoms. The molecule has 1 nitrogen and oxygen atoms in total. The third-order valence-electron chi connectivity index (χ3n) is 2.72. The van der Waals surface area contributed by atoms with E-state index in [1.165, 1.54) is 0 Å². The summed E-state index contributed by atoms with van der Waals surface area (Å²) in [5.41, 5.74) is -0.739. The van der Waals surface area contributed by atoms with Crippen LogP contribution in [0.25, 0.3) is 0 Å². The average molecular weight is 218 g/mol. The zero-order valence-corrected chi connectivity index (χ0v) is 11.2. The Hall–Kier alpha value is 1.16. The Morgan fingerprint density at radius 3 is 2.15 bits per heavy atom. The van der Waals surface area contributed by atoms with Crippen molar-refractivity contribution in [3.8, 4) is 0 Å². The third-order valence-corrected chi connectivity index (χ3v) is 2.72. The number of Topliss-reactive ketones (excluding diaryl/α,β-unsaturated/α-hetero) is 1. The Bertz CT molecular complexity index is 214. The standard InChI is InChI=1S/C7H11BF3O.K/c1-7(2)5(3-6(7)12)4-8(9,10)11;/h5H,3-4H2,1-2H3;/q-1;+1. The summed E-state index contributed by atoms with van der Waals surface area (Å²) < 4.78 is 35.8. The SMILES string of the molecule is CC1(C)C(=O)CC1C[B-](F)(F)F.[K+]. The van der Waals surface area contributed by atoms with Crippen molar-refractivity contribution in [1.82, 2.24) is 0 Å². The molecule has 0 amide bonds. The first-order chi connectivity index (χ1) is 5.23. The number of hydrogen-bond acceptors (Lipinski definition) is 1. The maximum Gasteiger partial charge on any atom is 1.00 e. The van der Waals surface area contributed by atoms with Gasteiger partial charge < -0.3 is 12.9 Å². The van der Waals surface area contributed by atoms with Crippen LogP contribution in [0.15, 0.2) is 0 Å². The van der Waals surface area contributed by atoms with Crippen LogP contribution in [-0.4, -0.2) is 12.8 Å². The van der Waals surface area contributed by atoms with Gasteiger partial charge in [-0.05, 0) is 5.92 Å². The first-order valence-corrected chi connectivity index (χ1v) is 3.98. The Morgan fingerprint density at radius 2 is 1.92 bits per heavy atom. The van der Waals surface area contributed by atoms with E-state index in [2.05, 4.69) is 0 Å². The fourth-order valence-electron chi connectivity index (χ4n) is 1.54. The van der Waals surface area contributed by atoms with Crippen LogP contribution in [0.4, 0.5) is 12.9 Å². The molecule has 1 fully saturated rings. The van der Waals surface area contributed by atoms with E-state index in [1.807, 2.05) is 0 Å². The topological polar surface area (TPSA) is 17.1 Å². The van der Waals surface area contributed by atoms with Crippen LogP contribution >= 0.6 is 0 Å². The summed E-state index contributed by atoms with van der Waals surface area (Å²) in [5.74, 6) is -0.530. The van der Waals surface area contributed by atoms with Gasteiger partial charge in [0.25, 0.3) is 0 Å². The molecule has 1 saturated carbocycles. The molecule has 0 aromatic carbocycles. The Balaban J connectivity index is 0.00000144. The Morgan fingerprint density at radius 1 is 1.46 bits per heavy atom. The van der Waals surface area contributed by atoms with E-state index in [-0.39, 0.29) is 63.6 Å². The second kappa shape index (κ2) is 4.35. The Labute approximate surface area is 118 Å². The molecule has 1 rings (SSSR count). The molecular weight excluding hydrogens is 207 g/mol. The number of ketones is 1. The van der Waals surface area contributed by atoms with Gasteiger partial charge in [0.15, 0.2) is 0 Å². The van der Waals surface area contributed by atoms with Crippen LogP contribution in [-0.2, 0) is 4.79 Å². The van der Waals surface area contributed by atoms with Crippen LogP contribution in [0, 0.1) is 11.3 Å². The quantitative estimate of drug-likeness (QED) is 0.568. The zero-order chi connectivity index (χ0) is 9.57. The first kappa shape index (κ1) is 14.2. The predicted octanol–water partition coefficient (Wildman–Crippen LogP) is -0.547. The van der Waals surface area contributed by atoms with Crippen molar-refractivity contribution < 1.29 is 69.1 Å². The van der Waals surface area contributed by atoms with Crippen molar-refractivity contribution in [2.75, 3.05) is 0 Å². The van der Waals surface area contributed by atoms with Gasteiger partial charge in [-0.25, -0.2) is 0 Å². The summed E-state index contributed by atoms with van der Waals surface area (Å²) in [5, 5.41) is 0. The van der Waals surface area contributed by atoms with Gasteiger partial charge in [-0.1, -0.05) is 20.2 Å². The van der Waals surface area contributed by atoms with Crippen LogP contribution in [0.5, 0.6) is 0 Å². The van der Waals surface area contributed by atoms with E-state index in [0.29, 0.717) is 0 Å². The summed E-state index contributed by atoms with van der Waals surface area (Å²) in [6.45, 7) is -1.56. The fourth-order valence-corrected chi connectivity index (χ4v) is 1.54. The molecule has 0 spiro atoms. The molecule has 0 bridgehead atoms. The van der Waals surface area contributed by atoms with Gasteiger partial charge in [-0.2, -0.15) is 0 Å². The molecule has 1 aliphatic carbocycles. The minimum atomic E-state index is -4.73. The van der Waals surface area contributed by atoms with Crippen molar-refractivity contribution in [2.24, 2.45) is 11.3 Å². The normalized spacial score (nSPS) is 26.2. The van der Waals surface area contributed by atoms with E-state index in [9.17, 15) is 17.7 Å². The third kappa shape index (κ3) is 3.34. The molecule has 0 saturated heterocycles. The second-order valence-corrected chi connectivity index (χ2v) is 3.99. The van der Waals surface area contributed by atoms with Crippen LogP contribution in [0.1, 0.15) is 20.3 Å². The number of rotatable bonds is 2. The van der Waals surface area contributed by atoms with Crippen LogP contribution in [0.3, 0.4) is 0 Å². The molecule has 0 N–H and O–H groups in total. The molecular formula is C7H11BF3KO. The van der Waals surface area contributed by atoms with Crippen molar-refractivity contribution in [2.45, 2.75) is 26.6 Å². The molecule has 1 aliphatic rings. The van der Waals surface area contributed by atoms with Gasteiger partial charge >= 0.3 is 58.4 Å². The smallest absolute Gasteiger partial charge is 0.449 e. The predicted molar refractivity (Wildman–Crippen MR) is 40.8 cm³/mol. The molecule has 0 radical (unpaired) electrons.